The fourth-order valence-electron chi connectivity index (χ4n) is 2.26. The van der Waals surface area contributed by atoms with E-state index < -0.39 is 11.9 Å². The number of rotatable bonds is 7. The first-order valence-corrected chi connectivity index (χ1v) is 8.42. The van der Waals surface area contributed by atoms with Gasteiger partial charge in [0.25, 0.3) is 0 Å². The minimum absolute atomic E-state index is 0.137. The summed E-state index contributed by atoms with van der Waals surface area (Å²) in [4.78, 5) is 24.2. The summed E-state index contributed by atoms with van der Waals surface area (Å²) in [5.41, 5.74) is 0.703. The summed E-state index contributed by atoms with van der Waals surface area (Å²) in [6, 6.07) is 15.1. The van der Waals surface area contributed by atoms with Crippen molar-refractivity contribution in [3.63, 3.8) is 0 Å². The Kier molecular flexibility index (Phi) is 7.15. The molecular weight excluding hydrogens is 346 g/mol. The van der Waals surface area contributed by atoms with E-state index in [-0.39, 0.29) is 17.9 Å². The number of esters is 2. The van der Waals surface area contributed by atoms with Crippen LogP contribution in [0.1, 0.15) is 29.8 Å². The van der Waals surface area contributed by atoms with Crippen LogP contribution in [0.4, 0.5) is 0 Å². The second kappa shape index (κ2) is 9.78. The molecule has 0 amide bonds. The monoisotopic (exact) mass is 365 g/mol. The Labute approximate surface area is 157 Å². The Hall–Kier alpha value is -3.59. The number of carbonyl (C=O) groups is 2. The highest BCUT2D eigenvalue weighted by atomic mass is 16.5. The summed E-state index contributed by atoms with van der Waals surface area (Å²) < 4.78 is 15.7. The summed E-state index contributed by atoms with van der Waals surface area (Å²) in [5.74, 6) is -0.546. The fraction of sp³-hybridized carbons (Fsp3) is 0.190. The highest BCUT2D eigenvalue weighted by molar-refractivity contribution is 5.98. The van der Waals surface area contributed by atoms with Gasteiger partial charge in [-0.25, -0.2) is 9.59 Å². The van der Waals surface area contributed by atoms with E-state index in [4.69, 9.17) is 19.5 Å². The minimum Gasteiger partial charge on any atom is -0.493 e. The number of nitrogens with zero attached hydrogens (tertiary/aromatic N) is 1. The molecule has 2 aromatic rings. The molecule has 2 aromatic carbocycles. The van der Waals surface area contributed by atoms with E-state index in [0.29, 0.717) is 23.5 Å². The van der Waals surface area contributed by atoms with Crippen molar-refractivity contribution in [2.24, 2.45) is 0 Å². The lowest BCUT2D eigenvalue weighted by molar-refractivity contribution is -0.137. The van der Waals surface area contributed by atoms with E-state index in [9.17, 15) is 9.59 Å². The van der Waals surface area contributed by atoms with Crippen molar-refractivity contribution in [3.05, 3.63) is 65.2 Å². The van der Waals surface area contributed by atoms with E-state index in [0.717, 1.165) is 0 Å². The van der Waals surface area contributed by atoms with Crippen LogP contribution in [-0.4, -0.2) is 25.2 Å². The molecule has 0 saturated carbocycles. The highest BCUT2D eigenvalue weighted by Crippen LogP contribution is 2.22. The second-order valence-corrected chi connectivity index (χ2v) is 5.28. The van der Waals surface area contributed by atoms with E-state index >= 15 is 0 Å². The number of ether oxygens (including phenoxy) is 3. The molecule has 2 rings (SSSR count). The number of carbonyl (C=O) groups excluding carboxylic acids is 2. The van der Waals surface area contributed by atoms with Gasteiger partial charge in [0.2, 0.25) is 0 Å². The Balaban J connectivity index is 2.22. The zero-order valence-electron chi connectivity index (χ0n) is 15.1. The quantitative estimate of drug-likeness (QED) is 0.321. The van der Waals surface area contributed by atoms with Crippen molar-refractivity contribution in [1.82, 2.24) is 0 Å². The average Bonchev–Trinajstić information content (AvgIpc) is 2.67. The van der Waals surface area contributed by atoms with Crippen LogP contribution >= 0.6 is 0 Å². The number of nitriles is 1. The standard InChI is InChI=1S/C21H19NO5/c1-3-25-19-11-6-5-10-18(19)21(24)27-17-9-7-8-15(13-17)12-16(14-22)20(23)26-4-2/h5-13H,3-4H2,1-2H3/b16-12+. The van der Waals surface area contributed by atoms with Gasteiger partial charge in [-0.3, -0.25) is 0 Å². The average molecular weight is 365 g/mol. The zero-order valence-corrected chi connectivity index (χ0v) is 15.1. The van der Waals surface area contributed by atoms with Gasteiger partial charge in [-0.05, 0) is 49.8 Å². The van der Waals surface area contributed by atoms with Gasteiger partial charge in [-0.15, -0.1) is 0 Å². The lowest BCUT2D eigenvalue weighted by atomic mass is 10.1. The molecule has 138 valence electrons. The fourth-order valence-corrected chi connectivity index (χ4v) is 2.26. The third-order valence-corrected chi connectivity index (χ3v) is 3.40. The Morgan fingerprint density at radius 1 is 1.07 bits per heavy atom. The smallest absolute Gasteiger partial charge is 0.348 e. The van der Waals surface area contributed by atoms with Gasteiger partial charge in [-0.2, -0.15) is 5.26 Å². The predicted octanol–water partition coefficient (Wildman–Crippen LogP) is 3.77. The molecule has 0 fully saturated rings. The second-order valence-electron chi connectivity index (χ2n) is 5.28. The van der Waals surface area contributed by atoms with E-state index in [1.807, 2.05) is 6.92 Å². The molecule has 0 aliphatic heterocycles. The molecule has 0 heterocycles. The molecule has 0 N–H and O–H groups in total. The van der Waals surface area contributed by atoms with Crippen molar-refractivity contribution >= 4 is 18.0 Å². The highest BCUT2D eigenvalue weighted by Gasteiger charge is 2.15. The topological polar surface area (TPSA) is 85.6 Å². The van der Waals surface area contributed by atoms with Crippen molar-refractivity contribution in [3.8, 4) is 17.6 Å². The zero-order chi connectivity index (χ0) is 19.6. The Morgan fingerprint density at radius 2 is 1.85 bits per heavy atom. The normalized spacial score (nSPS) is 10.6. The lowest BCUT2D eigenvalue weighted by Gasteiger charge is -2.10. The van der Waals surface area contributed by atoms with Gasteiger partial charge >= 0.3 is 11.9 Å². The third kappa shape index (κ3) is 5.44. The van der Waals surface area contributed by atoms with Crippen LogP contribution in [0.3, 0.4) is 0 Å². The maximum atomic E-state index is 12.4. The van der Waals surface area contributed by atoms with Crippen molar-refractivity contribution < 1.29 is 23.8 Å². The molecule has 0 aromatic heterocycles. The van der Waals surface area contributed by atoms with Gasteiger partial charge in [0, 0.05) is 0 Å². The molecule has 0 unspecified atom stereocenters. The maximum absolute atomic E-state index is 12.4. The first-order chi connectivity index (χ1) is 13.1. The summed E-state index contributed by atoms with van der Waals surface area (Å²) >= 11 is 0. The third-order valence-electron chi connectivity index (χ3n) is 3.40. The first-order valence-electron chi connectivity index (χ1n) is 8.42. The number of hydrogen-bond donors (Lipinski definition) is 0. The van der Waals surface area contributed by atoms with E-state index in [1.54, 1.807) is 61.5 Å². The van der Waals surface area contributed by atoms with E-state index in [2.05, 4.69) is 0 Å². The Morgan fingerprint density at radius 3 is 2.56 bits per heavy atom. The Bertz CT molecular complexity index is 895. The van der Waals surface area contributed by atoms with Crippen molar-refractivity contribution in [2.45, 2.75) is 13.8 Å². The molecular formula is C21H19NO5. The van der Waals surface area contributed by atoms with Crippen LogP contribution in [0.5, 0.6) is 11.5 Å². The van der Waals surface area contributed by atoms with Gasteiger partial charge in [-0.1, -0.05) is 24.3 Å². The molecule has 6 nitrogen and oxygen atoms in total. The molecule has 0 bridgehead atoms. The van der Waals surface area contributed by atoms with Crippen LogP contribution in [0.25, 0.3) is 6.08 Å². The molecule has 0 radical (unpaired) electrons. The van der Waals surface area contributed by atoms with Crippen LogP contribution < -0.4 is 9.47 Å². The summed E-state index contributed by atoms with van der Waals surface area (Å²) in [7, 11) is 0. The van der Waals surface area contributed by atoms with Crippen molar-refractivity contribution in [2.75, 3.05) is 13.2 Å². The predicted molar refractivity (Wildman–Crippen MR) is 99.2 cm³/mol. The molecule has 27 heavy (non-hydrogen) atoms. The van der Waals surface area contributed by atoms with Gasteiger partial charge in [0.05, 0.1) is 13.2 Å². The van der Waals surface area contributed by atoms with Gasteiger partial charge < -0.3 is 14.2 Å². The minimum atomic E-state index is -0.701. The summed E-state index contributed by atoms with van der Waals surface area (Å²) in [5, 5.41) is 9.11. The number of para-hydroxylation sites is 1. The van der Waals surface area contributed by atoms with Gasteiger partial charge in [0.15, 0.2) is 0 Å². The number of benzene rings is 2. The largest absolute Gasteiger partial charge is 0.493 e. The lowest BCUT2D eigenvalue weighted by Crippen LogP contribution is -2.11. The first kappa shape index (κ1) is 19.7. The maximum Gasteiger partial charge on any atom is 0.348 e. The van der Waals surface area contributed by atoms with Crippen LogP contribution in [0, 0.1) is 11.3 Å². The summed E-state index contributed by atoms with van der Waals surface area (Å²) in [6.45, 7) is 4.09. The molecule has 0 aliphatic rings. The number of hydrogen-bond acceptors (Lipinski definition) is 6. The molecule has 6 heteroatoms. The summed E-state index contributed by atoms with van der Waals surface area (Å²) in [6.07, 6.45) is 1.38. The van der Waals surface area contributed by atoms with Crippen molar-refractivity contribution in [1.29, 1.82) is 5.26 Å². The van der Waals surface area contributed by atoms with Gasteiger partial charge in [0.1, 0.15) is 28.7 Å². The van der Waals surface area contributed by atoms with Crippen LogP contribution in [0.15, 0.2) is 54.1 Å². The molecule has 0 saturated heterocycles. The molecule has 0 spiro atoms. The molecule has 0 aliphatic carbocycles. The van der Waals surface area contributed by atoms with Crippen LogP contribution in [0.2, 0.25) is 0 Å². The SMILES string of the molecule is CCOC(=O)/C(C#N)=C/c1cccc(OC(=O)c2ccccc2OCC)c1. The van der Waals surface area contributed by atoms with E-state index in [1.165, 1.54) is 6.08 Å². The molecule has 0 atom stereocenters. The van der Waals surface area contributed by atoms with Crippen LogP contribution in [-0.2, 0) is 9.53 Å².